The van der Waals surface area contributed by atoms with E-state index in [2.05, 4.69) is 47.9 Å². The average Bonchev–Trinajstić information content (AvgIpc) is 2.48. The van der Waals surface area contributed by atoms with Gasteiger partial charge >= 0.3 is 0 Å². The van der Waals surface area contributed by atoms with Crippen molar-refractivity contribution in [2.75, 3.05) is 19.6 Å². The highest BCUT2D eigenvalue weighted by Crippen LogP contribution is 2.26. The van der Waals surface area contributed by atoms with E-state index in [1.807, 2.05) is 0 Å². The van der Waals surface area contributed by atoms with Crippen molar-refractivity contribution in [3.8, 4) is 0 Å². The highest BCUT2D eigenvalue weighted by molar-refractivity contribution is 5.30. The molecule has 0 radical (unpaired) electrons. The fourth-order valence-corrected chi connectivity index (χ4v) is 3.78. The minimum atomic E-state index is -0.0745. The quantitative estimate of drug-likeness (QED) is 0.924. The van der Waals surface area contributed by atoms with Crippen LogP contribution < -0.4 is 0 Å². The molecule has 0 aromatic heterocycles. The van der Waals surface area contributed by atoms with E-state index < -0.39 is 0 Å². The number of aliphatic hydroxyl groups is 1. The lowest BCUT2D eigenvalue weighted by Gasteiger charge is -2.43. The van der Waals surface area contributed by atoms with Gasteiger partial charge in [-0.1, -0.05) is 24.3 Å². The van der Waals surface area contributed by atoms with Crippen LogP contribution in [-0.2, 0) is 13.0 Å². The van der Waals surface area contributed by atoms with Gasteiger partial charge in [0.2, 0.25) is 0 Å². The molecule has 1 fully saturated rings. The van der Waals surface area contributed by atoms with Gasteiger partial charge in [-0.15, -0.1) is 0 Å². The van der Waals surface area contributed by atoms with Gasteiger partial charge in [0.25, 0.3) is 0 Å². The van der Waals surface area contributed by atoms with E-state index in [0.717, 1.165) is 45.4 Å². The molecule has 0 spiro atoms. The van der Waals surface area contributed by atoms with Gasteiger partial charge in [-0.05, 0) is 44.2 Å². The third kappa shape index (κ3) is 3.47. The van der Waals surface area contributed by atoms with Crippen molar-refractivity contribution in [3.63, 3.8) is 0 Å². The van der Waals surface area contributed by atoms with Crippen LogP contribution in [0, 0.1) is 0 Å². The van der Waals surface area contributed by atoms with Gasteiger partial charge in [0.15, 0.2) is 0 Å². The van der Waals surface area contributed by atoms with Crippen LogP contribution in [-0.4, -0.2) is 52.7 Å². The van der Waals surface area contributed by atoms with Gasteiger partial charge in [-0.3, -0.25) is 4.90 Å². The molecule has 21 heavy (non-hydrogen) atoms. The second-order valence-corrected chi connectivity index (χ2v) is 6.92. The molecular formula is C18H28N2O. The minimum absolute atomic E-state index is 0.0745. The number of hydrogen-bond donors (Lipinski definition) is 1. The summed E-state index contributed by atoms with van der Waals surface area (Å²) in [6.45, 7) is 8.92. The fourth-order valence-electron chi connectivity index (χ4n) is 3.78. The van der Waals surface area contributed by atoms with Gasteiger partial charge in [-0.25, -0.2) is 0 Å². The molecular weight excluding hydrogens is 260 g/mol. The summed E-state index contributed by atoms with van der Waals surface area (Å²) in [7, 11) is 0. The Morgan fingerprint density at radius 1 is 1.14 bits per heavy atom. The highest BCUT2D eigenvalue weighted by atomic mass is 16.3. The summed E-state index contributed by atoms with van der Waals surface area (Å²) in [5.74, 6) is 0. The van der Waals surface area contributed by atoms with Crippen LogP contribution in [0.4, 0.5) is 0 Å². The van der Waals surface area contributed by atoms with E-state index in [9.17, 15) is 5.11 Å². The highest BCUT2D eigenvalue weighted by Gasteiger charge is 2.30. The van der Waals surface area contributed by atoms with Gasteiger partial charge in [-0.2, -0.15) is 0 Å². The van der Waals surface area contributed by atoms with Gasteiger partial charge in [0.1, 0.15) is 0 Å². The second-order valence-electron chi connectivity index (χ2n) is 6.92. The monoisotopic (exact) mass is 288 g/mol. The summed E-state index contributed by atoms with van der Waals surface area (Å²) in [6.07, 6.45) is 2.96. The van der Waals surface area contributed by atoms with E-state index in [-0.39, 0.29) is 6.10 Å². The molecule has 2 aliphatic rings. The third-order valence-corrected chi connectivity index (χ3v) is 5.09. The molecule has 1 aromatic carbocycles. The van der Waals surface area contributed by atoms with Crippen LogP contribution in [0.25, 0.3) is 0 Å². The van der Waals surface area contributed by atoms with Gasteiger partial charge < -0.3 is 10.0 Å². The molecule has 1 N–H and O–H groups in total. The minimum Gasteiger partial charge on any atom is -0.393 e. The summed E-state index contributed by atoms with van der Waals surface area (Å²) in [4.78, 5) is 5.19. The normalized spacial score (nSPS) is 25.2. The van der Waals surface area contributed by atoms with Crippen molar-refractivity contribution < 1.29 is 5.11 Å². The topological polar surface area (TPSA) is 26.7 Å². The summed E-state index contributed by atoms with van der Waals surface area (Å²) >= 11 is 0. The van der Waals surface area contributed by atoms with Gasteiger partial charge in [0.05, 0.1) is 6.10 Å². The predicted octanol–water partition coefficient (Wildman–Crippen LogP) is 2.28. The number of hydrogen-bond acceptors (Lipinski definition) is 3. The Kier molecular flexibility index (Phi) is 4.63. The first-order valence-corrected chi connectivity index (χ1v) is 8.36. The Balaban J connectivity index is 1.70. The van der Waals surface area contributed by atoms with Gasteiger partial charge in [0, 0.05) is 38.3 Å². The van der Waals surface area contributed by atoms with E-state index in [4.69, 9.17) is 0 Å². The summed E-state index contributed by atoms with van der Waals surface area (Å²) in [5, 5.41) is 9.67. The van der Waals surface area contributed by atoms with Crippen LogP contribution in [0.1, 0.15) is 37.8 Å². The maximum atomic E-state index is 9.67. The smallest absolute Gasteiger partial charge is 0.0564 e. The van der Waals surface area contributed by atoms with Crippen molar-refractivity contribution in [1.29, 1.82) is 0 Å². The number of benzene rings is 1. The Bertz CT molecular complexity index is 466. The fraction of sp³-hybridized carbons (Fsp3) is 0.667. The average molecular weight is 288 g/mol. The van der Waals surface area contributed by atoms with Crippen LogP contribution in [0.15, 0.2) is 24.3 Å². The molecule has 3 nitrogen and oxygen atoms in total. The first kappa shape index (κ1) is 15.0. The van der Waals surface area contributed by atoms with Crippen molar-refractivity contribution >= 4 is 0 Å². The molecule has 1 aromatic rings. The number of rotatable bonds is 3. The SMILES string of the molecule is CC(C)N1Cc2ccccc2C[C@H]1CN1CCC(O)CC1. The Morgan fingerprint density at radius 3 is 2.48 bits per heavy atom. The lowest BCUT2D eigenvalue weighted by atomic mass is 9.92. The molecule has 0 aliphatic carbocycles. The Hall–Kier alpha value is -0.900. The Morgan fingerprint density at radius 2 is 1.81 bits per heavy atom. The van der Waals surface area contributed by atoms with Crippen molar-refractivity contribution in [2.24, 2.45) is 0 Å². The number of likely N-dealkylation sites (tertiary alicyclic amines) is 1. The maximum absolute atomic E-state index is 9.67. The molecule has 3 heteroatoms. The molecule has 0 amide bonds. The third-order valence-electron chi connectivity index (χ3n) is 5.09. The number of aliphatic hydroxyl groups excluding tert-OH is 1. The van der Waals surface area contributed by atoms with Crippen molar-refractivity contribution in [2.45, 2.75) is 57.8 Å². The molecule has 0 bridgehead atoms. The van der Waals surface area contributed by atoms with Crippen molar-refractivity contribution in [1.82, 2.24) is 9.80 Å². The molecule has 2 aliphatic heterocycles. The predicted molar refractivity (Wildman–Crippen MR) is 86.3 cm³/mol. The van der Waals surface area contributed by atoms with E-state index in [1.165, 1.54) is 11.1 Å². The van der Waals surface area contributed by atoms with Crippen LogP contribution in [0.3, 0.4) is 0 Å². The lowest BCUT2D eigenvalue weighted by Crippen LogP contribution is -2.51. The molecule has 0 unspecified atom stereocenters. The summed E-state index contributed by atoms with van der Waals surface area (Å²) in [6, 6.07) is 10.1. The van der Waals surface area contributed by atoms with Crippen LogP contribution in [0.5, 0.6) is 0 Å². The number of nitrogens with zero attached hydrogens (tertiary/aromatic N) is 2. The molecule has 116 valence electrons. The van der Waals surface area contributed by atoms with E-state index in [1.54, 1.807) is 0 Å². The first-order chi connectivity index (χ1) is 10.1. The largest absolute Gasteiger partial charge is 0.393 e. The van der Waals surface area contributed by atoms with Crippen LogP contribution >= 0.6 is 0 Å². The maximum Gasteiger partial charge on any atom is 0.0564 e. The second kappa shape index (κ2) is 6.47. The van der Waals surface area contributed by atoms with Crippen molar-refractivity contribution in [3.05, 3.63) is 35.4 Å². The summed E-state index contributed by atoms with van der Waals surface area (Å²) in [5.41, 5.74) is 3.02. The summed E-state index contributed by atoms with van der Waals surface area (Å²) < 4.78 is 0. The lowest BCUT2D eigenvalue weighted by molar-refractivity contribution is 0.0482. The number of fused-ring (bicyclic) bond motifs is 1. The zero-order chi connectivity index (χ0) is 14.8. The molecule has 3 rings (SSSR count). The molecule has 1 saturated heterocycles. The van der Waals surface area contributed by atoms with Crippen LogP contribution in [0.2, 0.25) is 0 Å². The number of piperidine rings is 1. The zero-order valence-electron chi connectivity index (χ0n) is 13.3. The zero-order valence-corrected chi connectivity index (χ0v) is 13.3. The molecule has 2 heterocycles. The standard InChI is InChI=1S/C18H28N2O/c1-14(2)20-12-16-6-4-3-5-15(16)11-17(20)13-19-9-7-18(21)8-10-19/h3-6,14,17-18,21H,7-13H2,1-2H3/t17-/m0/s1. The Labute approximate surface area is 128 Å². The first-order valence-electron chi connectivity index (χ1n) is 8.36. The van der Waals surface area contributed by atoms with E-state index >= 15 is 0 Å². The molecule has 1 atom stereocenters. The molecule has 0 saturated carbocycles. The van der Waals surface area contributed by atoms with E-state index in [0.29, 0.717) is 12.1 Å².